The molecule has 0 radical (unpaired) electrons. The van der Waals surface area contributed by atoms with Crippen LogP contribution >= 0.6 is 0 Å². The Balaban J connectivity index is 1.74. The molecule has 1 saturated heterocycles. The second-order valence-electron chi connectivity index (χ2n) is 8.48. The van der Waals surface area contributed by atoms with E-state index in [4.69, 9.17) is 9.73 Å². The van der Waals surface area contributed by atoms with Crippen LogP contribution in [0.15, 0.2) is 51.8 Å². The molecule has 3 aliphatic heterocycles. The van der Waals surface area contributed by atoms with Crippen LogP contribution in [-0.4, -0.2) is 58.8 Å². The SMILES string of the molecule is CCOC(O)CCC1=C(N2CCCCCC2)N2C(=NC3C=CC=CC32)C(C)=C1C. The molecule has 3 heterocycles. The fourth-order valence-electron chi connectivity index (χ4n) is 4.98. The van der Waals surface area contributed by atoms with Crippen molar-refractivity contribution >= 4 is 5.84 Å². The van der Waals surface area contributed by atoms with E-state index in [-0.39, 0.29) is 12.1 Å². The van der Waals surface area contributed by atoms with E-state index in [1.807, 2.05) is 6.92 Å². The van der Waals surface area contributed by atoms with Gasteiger partial charge in [0.1, 0.15) is 11.7 Å². The molecule has 29 heavy (non-hydrogen) atoms. The first-order valence-electron chi connectivity index (χ1n) is 11.3. The number of aliphatic hydroxyl groups is 1. The van der Waals surface area contributed by atoms with E-state index in [1.54, 1.807) is 0 Å². The Hall–Kier alpha value is -1.85. The molecule has 0 bridgehead atoms. The number of nitrogens with zero attached hydrogens (tertiary/aromatic N) is 3. The third-order valence-corrected chi connectivity index (χ3v) is 6.63. The van der Waals surface area contributed by atoms with Crippen molar-refractivity contribution in [3.05, 3.63) is 46.8 Å². The first-order chi connectivity index (χ1) is 14.1. The Labute approximate surface area is 175 Å². The van der Waals surface area contributed by atoms with Gasteiger partial charge in [0.25, 0.3) is 0 Å². The van der Waals surface area contributed by atoms with Crippen LogP contribution in [0, 0.1) is 0 Å². The van der Waals surface area contributed by atoms with Gasteiger partial charge in [-0.3, -0.25) is 4.99 Å². The van der Waals surface area contributed by atoms with Gasteiger partial charge >= 0.3 is 0 Å². The van der Waals surface area contributed by atoms with Crippen molar-refractivity contribution in [2.24, 2.45) is 4.99 Å². The van der Waals surface area contributed by atoms with Gasteiger partial charge in [-0.25, -0.2) is 0 Å². The molecule has 0 amide bonds. The van der Waals surface area contributed by atoms with Gasteiger partial charge < -0.3 is 19.6 Å². The molecular weight excluding hydrogens is 362 g/mol. The van der Waals surface area contributed by atoms with Gasteiger partial charge in [-0.1, -0.05) is 37.1 Å². The molecule has 1 aliphatic carbocycles. The third kappa shape index (κ3) is 3.95. The fourth-order valence-corrected chi connectivity index (χ4v) is 4.98. The lowest BCUT2D eigenvalue weighted by molar-refractivity contribution is -0.0980. The van der Waals surface area contributed by atoms with Crippen LogP contribution < -0.4 is 0 Å². The lowest BCUT2D eigenvalue weighted by Crippen LogP contribution is -2.47. The topological polar surface area (TPSA) is 48.3 Å². The van der Waals surface area contributed by atoms with Crippen LogP contribution in [0.1, 0.15) is 59.3 Å². The maximum atomic E-state index is 10.2. The summed E-state index contributed by atoms with van der Waals surface area (Å²) < 4.78 is 5.41. The van der Waals surface area contributed by atoms with Gasteiger partial charge in [-0.2, -0.15) is 0 Å². The molecule has 5 heteroatoms. The van der Waals surface area contributed by atoms with Crippen LogP contribution in [0.2, 0.25) is 0 Å². The van der Waals surface area contributed by atoms with E-state index in [2.05, 4.69) is 48.0 Å². The quantitative estimate of drug-likeness (QED) is 0.685. The van der Waals surface area contributed by atoms with Gasteiger partial charge in [0.05, 0.1) is 12.1 Å². The van der Waals surface area contributed by atoms with Gasteiger partial charge in [0.2, 0.25) is 0 Å². The normalized spacial score (nSPS) is 27.8. The number of aliphatic imine (C=N–C) groups is 1. The van der Waals surface area contributed by atoms with E-state index < -0.39 is 6.29 Å². The summed E-state index contributed by atoms with van der Waals surface area (Å²) in [6, 6.07) is 0.441. The van der Waals surface area contributed by atoms with Crippen molar-refractivity contribution in [2.45, 2.75) is 77.7 Å². The van der Waals surface area contributed by atoms with Crippen molar-refractivity contribution in [1.29, 1.82) is 0 Å². The summed E-state index contributed by atoms with van der Waals surface area (Å²) in [5, 5.41) is 10.2. The number of ether oxygens (including phenoxy) is 1. The minimum atomic E-state index is -0.704. The number of rotatable bonds is 6. The van der Waals surface area contributed by atoms with Gasteiger partial charge in [-0.05, 0) is 56.8 Å². The van der Waals surface area contributed by atoms with Crippen molar-refractivity contribution in [3.63, 3.8) is 0 Å². The molecule has 158 valence electrons. The second-order valence-corrected chi connectivity index (χ2v) is 8.48. The minimum absolute atomic E-state index is 0.188. The third-order valence-electron chi connectivity index (χ3n) is 6.63. The predicted molar refractivity (Wildman–Crippen MR) is 117 cm³/mol. The Morgan fingerprint density at radius 2 is 1.83 bits per heavy atom. The molecule has 3 unspecified atom stereocenters. The number of allylic oxidation sites excluding steroid dienone is 4. The highest BCUT2D eigenvalue weighted by molar-refractivity contribution is 6.03. The molecule has 5 nitrogen and oxygen atoms in total. The maximum absolute atomic E-state index is 10.2. The monoisotopic (exact) mass is 397 g/mol. The first kappa shape index (κ1) is 20.4. The molecule has 0 aromatic carbocycles. The second kappa shape index (κ2) is 8.88. The lowest BCUT2D eigenvalue weighted by Gasteiger charge is -2.42. The van der Waals surface area contributed by atoms with E-state index in [9.17, 15) is 5.11 Å². The highest BCUT2D eigenvalue weighted by Crippen LogP contribution is 2.40. The lowest BCUT2D eigenvalue weighted by atomic mass is 9.91. The summed E-state index contributed by atoms with van der Waals surface area (Å²) in [6.07, 6.45) is 14.6. The number of hydrogen-bond acceptors (Lipinski definition) is 5. The first-order valence-corrected chi connectivity index (χ1v) is 11.3. The van der Waals surface area contributed by atoms with Gasteiger partial charge in [0, 0.05) is 26.1 Å². The van der Waals surface area contributed by atoms with Gasteiger partial charge in [0.15, 0.2) is 6.29 Å². The molecule has 4 aliphatic rings. The molecule has 0 aromatic heterocycles. The van der Waals surface area contributed by atoms with E-state index >= 15 is 0 Å². The average molecular weight is 398 g/mol. The molecule has 1 N–H and O–H groups in total. The van der Waals surface area contributed by atoms with Crippen molar-refractivity contribution in [2.75, 3.05) is 19.7 Å². The number of fused-ring (bicyclic) bond motifs is 3. The van der Waals surface area contributed by atoms with E-state index in [0.717, 1.165) is 25.3 Å². The van der Waals surface area contributed by atoms with Crippen molar-refractivity contribution in [3.8, 4) is 0 Å². The summed E-state index contributed by atoms with van der Waals surface area (Å²) in [5.41, 5.74) is 3.93. The molecule has 4 rings (SSSR count). The summed E-state index contributed by atoms with van der Waals surface area (Å²) in [7, 11) is 0. The highest BCUT2D eigenvalue weighted by atomic mass is 16.6. The Morgan fingerprint density at radius 1 is 1.10 bits per heavy atom. The molecule has 0 spiro atoms. The zero-order chi connectivity index (χ0) is 20.4. The average Bonchev–Trinajstić information content (AvgIpc) is 2.90. The summed E-state index contributed by atoms with van der Waals surface area (Å²) in [6.45, 7) is 9.08. The molecule has 3 atom stereocenters. The molecule has 1 fully saturated rings. The standard InChI is InChI=1S/C24H35N3O2/c1-4-29-22(28)14-13-19-17(2)18(3)23-25-20-11-7-8-12-21(20)27(23)24(19)26-15-9-5-6-10-16-26/h7-8,11-12,20-22,28H,4-6,9-10,13-16H2,1-3H3. The maximum Gasteiger partial charge on any atom is 0.154 e. The van der Waals surface area contributed by atoms with Crippen molar-refractivity contribution < 1.29 is 9.84 Å². The minimum Gasteiger partial charge on any atom is -0.368 e. The number of amidine groups is 1. The zero-order valence-electron chi connectivity index (χ0n) is 18.1. The van der Waals surface area contributed by atoms with E-state index in [0.29, 0.717) is 13.0 Å². The van der Waals surface area contributed by atoms with Crippen LogP contribution in [0.5, 0.6) is 0 Å². The van der Waals surface area contributed by atoms with Crippen LogP contribution in [-0.2, 0) is 4.74 Å². The Bertz CT molecular complexity index is 769. The Kier molecular flexibility index (Phi) is 6.26. The van der Waals surface area contributed by atoms with Crippen molar-refractivity contribution in [1.82, 2.24) is 9.80 Å². The predicted octanol–water partition coefficient (Wildman–Crippen LogP) is 4.14. The van der Waals surface area contributed by atoms with Crippen LogP contribution in [0.25, 0.3) is 0 Å². The van der Waals surface area contributed by atoms with Crippen LogP contribution in [0.3, 0.4) is 0 Å². The zero-order valence-corrected chi connectivity index (χ0v) is 18.1. The number of likely N-dealkylation sites (tertiary alicyclic amines) is 1. The van der Waals surface area contributed by atoms with E-state index in [1.165, 1.54) is 48.2 Å². The summed E-state index contributed by atoms with van der Waals surface area (Å²) >= 11 is 0. The Morgan fingerprint density at radius 3 is 2.55 bits per heavy atom. The summed E-state index contributed by atoms with van der Waals surface area (Å²) in [5.74, 6) is 2.45. The molecule has 0 saturated carbocycles. The highest BCUT2D eigenvalue weighted by Gasteiger charge is 2.42. The largest absolute Gasteiger partial charge is 0.368 e. The van der Waals surface area contributed by atoms with Crippen LogP contribution in [0.4, 0.5) is 0 Å². The number of hydrogen-bond donors (Lipinski definition) is 1. The molecule has 0 aromatic rings. The summed E-state index contributed by atoms with van der Waals surface area (Å²) in [4.78, 5) is 10.2. The smallest absolute Gasteiger partial charge is 0.154 e. The fraction of sp³-hybridized carbons (Fsp3) is 0.625. The molecular formula is C24H35N3O2. The van der Waals surface area contributed by atoms with Gasteiger partial charge in [-0.15, -0.1) is 0 Å². The number of aliphatic hydroxyl groups excluding tert-OH is 1.